The molecule has 5 nitrogen and oxygen atoms in total. The fraction of sp³-hybridized carbons (Fsp3) is 0.150. The lowest BCUT2D eigenvalue weighted by Gasteiger charge is -2.09. The largest absolute Gasteiger partial charge is 0.467 e. The number of thioether (sulfide) groups is 1. The van der Waals surface area contributed by atoms with Crippen molar-refractivity contribution in [1.82, 2.24) is 19.7 Å². The van der Waals surface area contributed by atoms with Crippen LogP contribution in [0.4, 0.5) is 0 Å². The van der Waals surface area contributed by atoms with Crippen molar-refractivity contribution >= 4 is 11.8 Å². The van der Waals surface area contributed by atoms with Gasteiger partial charge in [0, 0.05) is 23.7 Å². The van der Waals surface area contributed by atoms with E-state index in [1.165, 1.54) is 11.1 Å². The van der Waals surface area contributed by atoms with Crippen LogP contribution in [0.1, 0.15) is 16.9 Å². The summed E-state index contributed by atoms with van der Waals surface area (Å²) in [5, 5.41) is 9.68. The minimum absolute atomic E-state index is 0.584. The molecular formula is C20H18N4OS. The number of hydrogen-bond donors (Lipinski definition) is 0. The van der Waals surface area contributed by atoms with Crippen molar-refractivity contribution in [2.45, 2.75) is 24.4 Å². The van der Waals surface area contributed by atoms with Gasteiger partial charge in [-0.2, -0.15) is 0 Å². The van der Waals surface area contributed by atoms with Gasteiger partial charge < -0.3 is 4.42 Å². The van der Waals surface area contributed by atoms with Crippen LogP contribution >= 0.6 is 11.8 Å². The van der Waals surface area contributed by atoms with E-state index >= 15 is 0 Å². The van der Waals surface area contributed by atoms with E-state index in [1.54, 1.807) is 30.4 Å². The molecule has 0 aliphatic carbocycles. The first-order chi connectivity index (χ1) is 12.8. The van der Waals surface area contributed by atoms with Gasteiger partial charge in [-0.25, -0.2) is 0 Å². The second-order valence-electron chi connectivity index (χ2n) is 5.99. The maximum absolute atomic E-state index is 5.53. The zero-order valence-corrected chi connectivity index (χ0v) is 15.2. The molecule has 0 saturated heterocycles. The van der Waals surface area contributed by atoms with Crippen molar-refractivity contribution in [3.8, 4) is 11.4 Å². The van der Waals surface area contributed by atoms with E-state index in [0.29, 0.717) is 6.54 Å². The van der Waals surface area contributed by atoms with Crippen LogP contribution in [-0.4, -0.2) is 19.7 Å². The highest BCUT2D eigenvalue weighted by molar-refractivity contribution is 7.98. The van der Waals surface area contributed by atoms with Gasteiger partial charge in [-0.1, -0.05) is 41.6 Å². The number of aromatic nitrogens is 4. The van der Waals surface area contributed by atoms with E-state index in [-0.39, 0.29) is 0 Å². The van der Waals surface area contributed by atoms with Gasteiger partial charge in [0.2, 0.25) is 0 Å². The molecular weight excluding hydrogens is 344 g/mol. The first-order valence-corrected chi connectivity index (χ1v) is 9.32. The second-order valence-corrected chi connectivity index (χ2v) is 6.93. The summed E-state index contributed by atoms with van der Waals surface area (Å²) in [4.78, 5) is 4.20. The van der Waals surface area contributed by atoms with Crippen molar-refractivity contribution in [3.63, 3.8) is 0 Å². The first kappa shape index (κ1) is 16.6. The van der Waals surface area contributed by atoms with Crippen LogP contribution in [0, 0.1) is 6.92 Å². The third kappa shape index (κ3) is 3.70. The molecule has 0 N–H and O–H groups in total. The Labute approximate surface area is 156 Å². The zero-order valence-electron chi connectivity index (χ0n) is 14.4. The normalized spacial score (nSPS) is 11.0. The zero-order chi connectivity index (χ0) is 17.8. The lowest BCUT2D eigenvalue weighted by molar-refractivity contribution is 0.485. The molecule has 0 saturated carbocycles. The summed E-state index contributed by atoms with van der Waals surface area (Å²) in [7, 11) is 0. The highest BCUT2D eigenvalue weighted by Crippen LogP contribution is 2.27. The summed E-state index contributed by atoms with van der Waals surface area (Å²) < 4.78 is 7.61. The fourth-order valence-corrected chi connectivity index (χ4v) is 3.53. The Hall–Kier alpha value is -2.86. The van der Waals surface area contributed by atoms with Gasteiger partial charge in [-0.05, 0) is 36.8 Å². The van der Waals surface area contributed by atoms with Gasteiger partial charge in [-0.3, -0.25) is 9.55 Å². The minimum atomic E-state index is 0.584. The molecule has 3 aromatic heterocycles. The smallest absolute Gasteiger partial charge is 0.192 e. The van der Waals surface area contributed by atoms with Crippen LogP contribution in [-0.2, 0) is 12.3 Å². The van der Waals surface area contributed by atoms with Crippen molar-refractivity contribution in [2.75, 3.05) is 0 Å². The van der Waals surface area contributed by atoms with Gasteiger partial charge in [0.05, 0.1) is 12.8 Å². The summed E-state index contributed by atoms with van der Waals surface area (Å²) in [6.07, 6.45) is 5.24. The highest BCUT2D eigenvalue weighted by Gasteiger charge is 2.16. The summed E-state index contributed by atoms with van der Waals surface area (Å²) in [6.45, 7) is 2.68. The molecule has 0 fully saturated rings. The Balaban J connectivity index is 1.63. The number of pyridine rings is 1. The molecule has 0 aliphatic rings. The van der Waals surface area contributed by atoms with E-state index < -0.39 is 0 Å². The molecule has 0 spiro atoms. The van der Waals surface area contributed by atoms with Crippen LogP contribution in [0.2, 0.25) is 0 Å². The topological polar surface area (TPSA) is 56.7 Å². The third-order valence-electron chi connectivity index (χ3n) is 4.02. The molecule has 0 radical (unpaired) electrons. The summed E-state index contributed by atoms with van der Waals surface area (Å²) in [6, 6.07) is 16.3. The Morgan fingerprint density at radius 1 is 1.04 bits per heavy atom. The molecule has 4 aromatic rings. The number of benzene rings is 1. The average Bonchev–Trinajstić information content (AvgIpc) is 3.33. The van der Waals surface area contributed by atoms with Crippen LogP contribution in [0.15, 0.2) is 76.8 Å². The monoisotopic (exact) mass is 362 g/mol. The van der Waals surface area contributed by atoms with E-state index in [9.17, 15) is 0 Å². The van der Waals surface area contributed by atoms with Crippen LogP contribution in [0.3, 0.4) is 0 Å². The van der Waals surface area contributed by atoms with Crippen molar-refractivity contribution in [1.29, 1.82) is 0 Å². The van der Waals surface area contributed by atoms with Gasteiger partial charge in [0.1, 0.15) is 5.76 Å². The van der Waals surface area contributed by atoms with E-state index in [4.69, 9.17) is 4.42 Å². The molecule has 4 rings (SSSR count). The maximum Gasteiger partial charge on any atom is 0.192 e. The SMILES string of the molecule is Cc1ccc(CSc2nnc(-c3cccnc3)n2Cc2ccco2)cc1. The summed E-state index contributed by atoms with van der Waals surface area (Å²) in [5.74, 6) is 2.50. The molecule has 0 aliphatic heterocycles. The van der Waals surface area contributed by atoms with Crippen LogP contribution in [0.5, 0.6) is 0 Å². The molecule has 26 heavy (non-hydrogen) atoms. The Bertz CT molecular complexity index is 963. The molecule has 3 heterocycles. The maximum atomic E-state index is 5.53. The Morgan fingerprint density at radius 3 is 2.65 bits per heavy atom. The molecule has 0 amide bonds. The van der Waals surface area contributed by atoms with Gasteiger partial charge in [0.25, 0.3) is 0 Å². The van der Waals surface area contributed by atoms with E-state index in [1.807, 2.05) is 24.3 Å². The number of hydrogen-bond acceptors (Lipinski definition) is 5. The quantitative estimate of drug-likeness (QED) is 0.470. The number of nitrogens with zero attached hydrogens (tertiary/aromatic N) is 4. The first-order valence-electron chi connectivity index (χ1n) is 8.34. The molecule has 6 heteroatoms. The van der Waals surface area contributed by atoms with Crippen molar-refractivity contribution in [2.24, 2.45) is 0 Å². The molecule has 1 aromatic carbocycles. The van der Waals surface area contributed by atoms with Crippen molar-refractivity contribution in [3.05, 3.63) is 84.1 Å². The van der Waals surface area contributed by atoms with Crippen LogP contribution in [0.25, 0.3) is 11.4 Å². The van der Waals surface area contributed by atoms with Gasteiger partial charge in [0.15, 0.2) is 11.0 Å². The third-order valence-corrected chi connectivity index (χ3v) is 5.06. The number of rotatable bonds is 6. The Morgan fingerprint density at radius 2 is 1.92 bits per heavy atom. The number of aryl methyl sites for hydroxylation is 1. The second kappa shape index (κ2) is 7.58. The molecule has 0 bridgehead atoms. The average molecular weight is 362 g/mol. The summed E-state index contributed by atoms with van der Waals surface area (Å²) in [5.41, 5.74) is 3.46. The minimum Gasteiger partial charge on any atom is -0.467 e. The number of furan rings is 1. The lowest BCUT2D eigenvalue weighted by atomic mass is 10.2. The fourth-order valence-electron chi connectivity index (χ4n) is 2.64. The van der Waals surface area contributed by atoms with Gasteiger partial charge >= 0.3 is 0 Å². The highest BCUT2D eigenvalue weighted by atomic mass is 32.2. The predicted octanol–water partition coefficient (Wildman–Crippen LogP) is 4.58. The van der Waals surface area contributed by atoms with E-state index in [0.717, 1.165) is 28.1 Å². The summed E-state index contributed by atoms with van der Waals surface area (Å²) >= 11 is 1.67. The van der Waals surface area contributed by atoms with Gasteiger partial charge in [-0.15, -0.1) is 10.2 Å². The van der Waals surface area contributed by atoms with E-state index in [2.05, 4.69) is 50.9 Å². The molecule has 130 valence electrons. The molecule has 0 unspecified atom stereocenters. The van der Waals surface area contributed by atoms with Crippen LogP contribution < -0.4 is 0 Å². The lowest BCUT2D eigenvalue weighted by Crippen LogP contribution is -2.03. The predicted molar refractivity (Wildman–Crippen MR) is 102 cm³/mol. The standard InChI is InChI=1S/C20H18N4OS/c1-15-6-8-16(9-7-15)14-26-20-23-22-19(17-4-2-10-21-12-17)24(20)13-18-5-3-11-25-18/h2-12H,13-14H2,1H3. The Kier molecular flexibility index (Phi) is 4.84. The van der Waals surface area contributed by atoms with Crippen molar-refractivity contribution < 1.29 is 4.42 Å². The molecule has 0 atom stereocenters.